The van der Waals surface area contributed by atoms with E-state index in [9.17, 15) is 0 Å². The maximum atomic E-state index is 6.53. The van der Waals surface area contributed by atoms with Gasteiger partial charge in [0.1, 0.15) is 0 Å². The number of benzene rings is 1. The molecule has 2 aliphatic rings. The van der Waals surface area contributed by atoms with Crippen LogP contribution in [0.2, 0.25) is 5.02 Å². The number of anilines is 1. The van der Waals surface area contributed by atoms with Crippen LogP contribution in [0.25, 0.3) is 0 Å². The average molecular weight is 293 g/mol. The standard InChI is InChI=1S/C17H25ClN2/c1-12(19)14-8-9-17(15(18)11-14)20-10-4-7-16(20)13-5-2-3-6-13/h8-9,11-13,16H,2-7,10,19H2,1H3/t12-,16?/m0/s1. The summed E-state index contributed by atoms with van der Waals surface area (Å²) in [5.41, 5.74) is 8.27. The largest absolute Gasteiger partial charge is 0.367 e. The summed E-state index contributed by atoms with van der Waals surface area (Å²) in [6, 6.07) is 7.11. The lowest BCUT2D eigenvalue weighted by Gasteiger charge is -2.32. The lowest BCUT2D eigenvalue weighted by atomic mass is 9.95. The van der Waals surface area contributed by atoms with Crippen molar-refractivity contribution in [3.63, 3.8) is 0 Å². The second-order valence-corrected chi connectivity index (χ2v) is 6.85. The average Bonchev–Trinajstić information content (AvgIpc) is 3.09. The molecule has 1 aromatic carbocycles. The Bertz CT molecular complexity index is 466. The summed E-state index contributed by atoms with van der Waals surface area (Å²) >= 11 is 6.53. The van der Waals surface area contributed by atoms with Crippen LogP contribution in [0.1, 0.15) is 57.1 Å². The van der Waals surface area contributed by atoms with Crippen LogP contribution in [0, 0.1) is 5.92 Å². The molecule has 2 N–H and O–H groups in total. The molecule has 0 aromatic heterocycles. The van der Waals surface area contributed by atoms with Crippen molar-refractivity contribution in [3.05, 3.63) is 28.8 Å². The molecule has 0 bridgehead atoms. The lowest BCUT2D eigenvalue weighted by molar-refractivity contribution is 0.431. The van der Waals surface area contributed by atoms with Crippen LogP contribution >= 0.6 is 11.6 Å². The summed E-state index contributed by atoms with van der Waals surface area (Å²) in [5, 5.41) is 0.865. The molecule has 1 heterocycles. The van der Waals surface area contributed by atoms with Gasteiger partial charge < -0.3 is 10.6 Å². The van der Waals surface area contributed by atoms with Crippen LogP contribution in [0.3, 0.4) is 0 Å². The molecule has 0 amide bonds. The Kier molecular flexibility index (Phi) is 4.23. The molecule has 1 aliphatic heterocycles. The molecule has 2 nitrogen and oxygen atoms in total. The van der Waals surface area contributed by atoms with Crippen molar-refractivity contribution in [2.24, 2.45) is 11.7 Å². The Labute approximate surface area is 127 Å². The first kappa shape index (κ1) is 14.2. The van der Waals surface area contributed by atoms with Crippen LogP contribution < -0.4 is 10.6 Å². The maximum absolute atomic E-state index is 6.53. The third-order valence-corrected chi connectivity index (χ3v) is 5.35. The highest BCUT2D eigenvalue weighted by atomic mass is 35.5. The first-order chi connectivity index (χ1) is 9.66. The van der Waals surface area contributed by atoms with Gasteiger partial charge in [-0.2, -0.15) is 0 Å². The van der Waals surface area contributed by atoms with Crippen molar-refractivity contribution in [2.75, 3.05) is 11.4 Å². The van der Waals surface area contributed by atoms with Crippen molar-refractivity contribution in [1.29, 1.82) is 0 Å². The van der Waals surface area contributed by atoms with Crippen LogP contribution in [0.4, 0.5) is 5.69 Å². The predicted molar refractivity (Wildman–Crippen MR) is 86.4 cm³/mol. The zero-order chi connectivity index (χ0) is 14.1. The van der Waals surface area contributed by atoms with E-state index in [0.29, 0.717) is 6.04 Å². The monoisotopic (exact) mass is 292 g/mol. The van der Waals surface area contributed by atoms with Gasteiger partial charge >= 0.3 is 0 Å². The highest BCUT2D eigenvalue weighted by molar-refractivity contribution is 6.33. The second kappa shape index (κ2) is 5.95. The normalized spacial score (nSPS) is 25.4. The predicted octanol–water partition coefficient (Wildman–Crippen LogP) is 4.52. The van der Waals surface area contributed by atoms with Gasteiger partial charge in [-0.05, 0) is 56.2 Å². The lowest BCUT2D eigenvalue weighted by Crippen LogP contribution is -2.34. The zero-order valence-corrected chi connectivity index (χ0v) is 13.1. The minimum atomic E-state index is 0.0470. The van der Waals surface area contributed by atoms with E-state index < -0.39 is 0 Å². The fourth-order valence-electron chi connectivity index (χ4n) is 3.96. The van der Waals surface area contributed by atoms with Crippen molar-refractivity contribution < 1.29 is 0 Å². The molecule has 1 unspecified atom stereocenters. The molecule has 110 valence electrons. The molecule has 1 saturated carbocycles. The van der Waals surface area contributed by atoms with Crippen LogP contribution in [-0.4, -0.2) is 12.6 Å². The molecular weight excluding hydrogens is 268 g/mol. The summed E-state index contributed by atoms with van der Waals surface area (Å²) < 4.78 is 0. The third-order valence-electron chi connectivity index (χ3n) is 5.05. The van der Waals surface area contributed by atoms with Gasteiger partial charge in [-0.3, -0.25) is 0 Å². The topological polar surface area (TPSA) is 29.3 Å². The van der Waals surface area contributed by atoms with Gasteiger partial charge in [0.15, 0.2) is 0 Å². The highest BCUT2D eigenvalue weighted by Crippen LogP contribution is 2.40. The van der Waals surface area contributed by atoms with Gasteiger partial charge in [0.2, 0.25) is 0 Å². The van der Waals surface area contributed by atoms with Crippen molar-refractivity contribution >= 4 is 17.3 Å². The molecule has 0 radical (unpaired) electrons. The first-order valence-electron chi connectivity index (χ1n) is 7.98. The zero-order valence-electron chi connectivity index (χ0n) is 12.3. The van der Waals surface area contributed by atoms with Crippen molar-refractivity contribution in [3.8, 4) is 0 Å². The summed E-state index contributed by atoms with van der Waals surface area (Å²) in [6.45, 7) is 3.15. The third kappa shape index (κ3) is 2.68. The van der Waals surface area contributed by atoms with Gasteiger partial charge in [-0.25, -0.2) is 0 Å². The molecule has 2 fully saturated rings. The fraction of sp³-hybridized carbons (Fsp3) is 0.647. The van der Waals surface area contributed by atoms with E-state index in [1.165, 1.54) is 44.2 Å². The molecule has 1 saturated heterocycles. The quantitative estimate of drug-likeness (QED) is 0.887. The minimum absolute atomic E-state index is 0.0470. The van der Waals surface area contributed by atoms with Gasteiger partial charge in [0.05, 0.1) is 10.7 Å². The molecule has 1 aliphatic carbocycles. The number of nitrogens with two attached hydrogens (primary N) is 1. The first-order valence-corrected chi connectivity index (χ1v) is 8.36. The van der Waals surface area contributed by atoms with Crippen LogP contribution in [-0.2, 0) is 0 Å². The minimum Gasteiger partial charge on any atom is -0.367 e. The molecule has 2 atom stereocenters. The Morgan fingerprint density at radius 3 is 2.60 bits per heavy atom. The molecule has 3 rings (SSSR count). The molecule has 1 aromatic rings. The Morgan fingerprint density at radius 2 is 1.95 bits per heavy atom. The van der Waals surface area contributed by atoms with Crippen LogP contribution in [0.5, 0.6) is 0 Å². The van der Waals surface area contributed by atoms with Crippen molar-refractivity contribution in [2.45, 2.75) is 57.5 Å². The molecular formula is C17H25ClN2. The van der Waals surface area contributed by atoms with E-state index >= 15 is 0 Å². The SMILES string of the molecule is C[C@H](N)c1ccc(N2CCCC2C2CCCC2)c(Cl)c1. The molecule has 3 heteroatoms. The van der Waals surface area contributed by atoms with E-state index in [0.717, 1.165) is 23.0 Å². The van der Waals surface area contributed by atoms with E-state index in [1.807, 2.05) is 13.0 Å². The number of hydrogen-bond donors (Lipinski definition) is 1. The van der Waals surface area contributed by atoms with Gasteiger partial charge in [0, 0.05) is 18.6 Å². The smallest absolute Gasteiger partial charge is 0.0642 e. The van der Waals surface area contributed by atoms with E-state index in [2.05, 4.69) is 17.0 Å². The number of halogens is 1. The number of nitrogens with zero attached hydrogens (tertiary/aromatic N) is 1. The fourth-order valence-corrected chi connectivity index (χ4v) is 4.26. The highest BCUT2D eigenvalue weighted by Gasteiger charge is 2.34. The van der Waals surface area contributed by atoms with E-state index in [1.54, 1.807) is 0 Å². The molecule has 20 heavy (non-hydrogen) atoms. The van der Waals surface area contributed by atoms with Gasteiger partial charge in [-0.15, -0.1) is 0 Å². The summed E-state index contributed by atoms with van der Waals surface area (Å²) in [6.07, 6.45) is 8.24. The van der Waals surface area contributed by atoms with E-state index in [-0.39, 0.29) is 6.04 Å². The number of hydrogen-bond acceptors (Lipinski definition) is 2. The summed E-state index contributed by atoms with van der Waals surface area (Å²) in [7, 11) is 0. The molecule has 0 spiro atoms. The second-order valence-electron chi connectivity index (χ2n) is 6.45. The Hall–Kier alpha value is -0.730. The number of rotatable bonds is 3. The Balaban J connectivity index is 1.83. The van der Waals surface area contributed by atoms with Gasteiger partial charge in [-0.1, -0.05) is 30.5 Å². The maximum Gasteiger partial charge on any atom is 0.0642 e. The Morgan fingerprint density at radius 1 is 1.20 bits per heavy atom. The summed E-state index contributed by atoms with van der Waals surface area (Å²) in [4.78, 5) is 2.56. The van der Waals surface area contributed by atoms with E-state index in [4.69, 9.17) is 17.3 Å². The van der Waals surface area contributed by atoms with Gasteiger partial charge in [0.25, 0.3) is 0 Å². The van der Waals surface area contributed by atoms with Crippen molar-refractivity contribution in [1.82, 2.24) is 0 Å². The van der Waals surface area contributed by atoms with Crippen LogP contribution in [0.15, 0.2) is 18.2 Å². The summed E-state index contributed by atoms with van der Waals surface area (Å²) in [5.74, 6) is 0.877.